The van der Waals surface area contributed by atoms with Gasteiger partial charge in [0.15, 0.2) is 0 Å². The predicted octanol–water partition coefficient (Wildman–Crippen LogP) is 2.08. The molecule has 2 amide bonds. The molecule has 1 heterocycles. The number of nitrogens with zero attached hydrogens (tertiary/aromatic N) is 1. The number of hydrogen-bond acceptors (Lipinski definition) is 2. The second kappa shape index (κ2) is 5.51. The van der Waals surface area contributed by atoms with Crippen LogP contribution in [0.5, 0.6) is 0 Å². The highest BCUT2D eigenvalue weighted by Gasteiger charge is 2.38. The normalized spacial score (nSPS) is 28.4. The average molecular weight is 266 g/mol. The smallest absolute Gasteiger partial charge is 0.245 e. The zero-order chi connectivity index (χ0) is 14.0. The summed E-state index contributed by atoms with van der Waals surface area (Å²) in [4.78, 5) is 26.0. The van der Waals surface area contributed by atoms with E-state index in [0.29, 0.717) is 5.41 Å². The van der Waals surface area contributed by atoms with E-state index in [4.69, 9.17) is 0 Å². The number of carbonyl (C=O) groups excluding carboxylic acids is 2. The Labute approximate surface area is 115 Å². The Bertz CT molecular complexity index is 355. The maximum atomic E-state index is 12.4. The van der Waals surface area contributed by atoms with Gasteiger partial charge in [-0.3, -0.25) is 9.59 Å². The molecule has 19 heavy (non-hydrogen) atoms. The molecule has 1 unspecified atom stereocenters. The number of carbonyl (C=O) groups is 2. The lowest BCUT2D eigenvalue weighted by molar-refractivity contribution is -0.148. The molecule has 2 aliphatic rings. The third-order valence-electron chi connectivity index (χ3n) is 4.56. The maximum Gasteiger partial charge on any atom is 0.245 e. The second-order valence-corrected chi connectivity index (χ2v) is 6.77. The molecule has 0 bridgehead atoms. The number of rotatable bonds is 3. The summed E-state index contributed by atoms with van der Waals surface area (Å²) in [6.45, 7) is 6.87. The Hall–Kier alpha value is -1.06. The molecule has 0 aromatic carbocycles. The Balaban J connectivity index is 2.02. The Morgan fingerprint density at radius 3 is 2.47 bits per heavy atom. The van der Waals surface area contributed by atoms with E-state index in [0.717, 1.165) is 38.5 Å². The molecule has 1 saturated heterocycles. The third-order valence-corrected chi connectivity index (χ3v) is 4.56. The van der Waals surface area contributed by atoms with Crippen molar-refractivity contribution in [2.75, 3.05) is 6.54 Å². The van der Waals surface area contributed by atoms with E-state index in [1.165, 1.54) is 0 Å². The lowest BCUT2D eigenvalue weighted by atomic mass is 9.75. The molecule has 1 saturated carbocycles. The Morgan fingerprint density at radius 2 is 1.89 bits per heavy atom. The van der Waals surface area contributed by atoms with Crippen LogP contribution in [-0.2, 0) is 9.59 Å². The monoisotopic (exact) mass is 266 g/mol. The molecule has 0 aromatic heterocycles. The van der Waals surface area contributed by atoms with E-state index in [2.05, 4.69) is 19.2 Å². The van der Waals surface area contributed by atoms with Gasteiger partial charge in [-0.1, -0.05) is 27.2 Å². The van der Waals surface area contributed by atoms with Crippen molar-refractivity contribution in [2.24, 2.45) is 5.41 Å². The van der Waals surface area contributed by atoms with Gasteiger partial charge in [0, 0.05) is 6.04 Å². The van der Waals surface area contributed by atoms with Crippen LogP contribution in [0.1, 0.15) is 59.3 Å². The zero-order valence-corrected chi connectivity index (χ0v) is 12.4. The molecule has 0 aromatic rings. The minimum Gasteiger partial charge on any atom is -0.343 e. The quantitative estimate of drug-likeness (QED) is 0.850. The highest BCUT2D eigenvalue weighted by atomic mass is 16.2. The van der Waals surface area contributed by atoms with Crippen LogP contribution in [0, 0.1) is 5.41 Å². The van der Waals surface area contributed by atoms with E-state index >= 15 is 0 Å². The number of amides is 2. The van der Waals surface area contributed by atoms with Crippen LogP contribution in [0.25, 0.3) is 0 Å². The standard InChI is InChI=1S/C15H26N2O2/c1-4-5-12-14(19)17(10-13(18)16-12)11-6-8-15(2,3)9-7-11/h11-12H,4-10H2,1-3H3,(H,16,18). The number of hydrogen-bond donors (Lipinski definition) is 1. The highest BCUT2D eigenvalue weighted by molar-refractivity contribution is 5.95. The van der Waals surface area contributed by atoms with Crippen LogP contribution >= 0.6 is 0 Å². The molecule has 4 heteroatoms. The first kappa shape index (κ1) is 14.4. The van der Waals surface area contributed by atoms with Crippen LogP contribution < -0.4 is 5.32 Å². The van der Waals surface area contributed by atoms with E-state index in [1.807, 2.05) is 11.8 Å². The minimum atomic E-state index is -0.291. The van der Waals surface area contributed by atoms with Gasteiger partial charge in [0.05, 0.1) is 6.54 Å². The van der Waals surface area contributed by atoms with Gasteiger partial charge in [0.25, 0.3) is 0 Å². The molecule has 108 valence electrons. The van der Waals surface area contributed by atoms with Crippen molar-refractivity contribution >= 4 is 11.8 Å². The van der Waals surface area contributed by atoms with Crippen molar-refractivity contribution in [3.8, 4) is 0 Å². The number of piperazine rings is 1. The lowest BCUT2D eigenvalue weighted by Crippen LogP contribution is -2.61. The van der Waals surface area contributed by atoms with Gasteiger partial charge >= 0.3 is 0 Å². The van der Waals surface area contributed by atoms with Crippen molar-refractivity contribution in [3.05, 3.63) is 0 Å². The predicted molar refractivity (Wildman–Crippen MR) is 74.6 cm³/mol. The van der Waals surface area contributed by atoms with E-state index < -0.39 is 0 Å². The first-order valence-electron chi connectivity index (χ1n) is 7.53. The van der Waals surface area contributed by atoms with Gasteiger partial charge in [-0.2, -0.15) is 0 Å². The molecule has 4 nitrogen and oxygen atoms in total. The van der Waals surface area contributed by atoms with Crippen molar-refractivity contribution < 1.29 is 9.59 Å². The highest BCUT2D eigenvalue weighted by Crippen LogP contribution is 2.37. The molecule has 0 spiro atoms. The zero-order valence-electron chi connectivity index (χ0n) is 12.4. The van der Waals surface area contributed by atoms with E-state index in [9.17, 15) is 9.59 Å². The first-order valence-corrected chi connectivity index (χ1v) is 7.53. The molecule has 1 N–H and O–H groups in total. The Morgan fingerprint density at radius 1 is 1.26 bits per heavy atom. The van der Waals surface area contributed by atoms with Gasteiger partial charge in [-0.05, 0) is 37.5 Å². The average Bonchev–Trinajstić information content (AvgIpc) is 2.34. The van der Waals surface area contributed by atoms with Crippen LogP contribution in [0.15, 0.2) is 0 Å². The summed E-state index contributed by atoms with van der Waals surface area (Å²) in [7, 11) is 0. The summed E-state index contributed by atoms with van der Waals surface area (Å²) >= 11 is 0. The van der Waals surface area contributed by atoms with Crippen molar-refractivity contribution in [3.63, 3.8) is 0 Å². The first-order chi connectivity index (χ1) is 8.93. The van der Waals surface area contributed by atoms with Gasteiger partial charge < -0.3 is 10.2 Å². The topological polar surface area (TPSA) is 49.4 Å². The van der Waals surface area contributed by atoms with Crippen LogP contribution in [0.4, 0.5) is 0 Å². The summed E-state index contributed by atoms with van der Waals surface area (Å²) in [6, 6.07) is -0.0212. The third kappa shape index (κ3) is 3.28. The fraction of sp³-hybridized carbons (Fsp3) is 0.867. The summed E-state index contributed by atoms with van der Waals surface area (Å²) in [6.07, 6.45) is 6.01. The molecule has 1 aliphatic heterocycles. The minimum absolute atomic E-state index is 0.00267. The van der Waals surface area contributed by atoms with Crippen LogP contribution in [0.2, 0.25) is 0 Å². The molecule has 1 atom stereocenters. The second-order valence-electron chi connectivity index (χ2n) is 6.77. The van der Waals surface area contributed by atoms with Gasteiger partial charge in [-0.25, -0.2) is 0 Å². The van der Waals surface area contributed by atoms with Crippen LogP contribution in [-0.4, -0.2) is 35.3 Å². The molecule has 0 radical (unpaired) electrons. The Kier molecular flexibility index (Phi) is 4.16. The van der Waals surface area contributed by atoms with E-state index in [1.54, 1.807) is 0 Å². The lowest BCUT2D eigenvalue weighted by Gasteiger charge is -2.43. The molecule has 1 aliphatic carbocycles. The van der Waals surface area contributed by atoms with Crippen molar-refractivity contribution in [1.82, 2.24) is 10.2 Å². The molecule has 2 rings (SSSR count). The van der Waals surface area contributed by atoms with Crippen LogP contribution in [0.3, 0.4) is 0 Å². The van der Waals surface area contributed by atoms with Gasteiger partial charge in [0.2, 0.25) is 11.8 Å². The van der Waals surface area contributed by atoms with Gasteiger partial charge in [-0.15, -0.1) is 0 Å². The molecular weight excluding hydrogens is 240 g/mol. The van der Waals surface area contributed by atoms with Crippen molar-refractivity contribution in [1.29, 1.82) is 0 Å². The largest absolute Gasteiger partial charge is 0.343 e. The van der Waals surface area contributed by atoms with Gasteiger partial charge in [0.1, 0.15) is 6.04 Å². The summed E-state index contributed by atoms with van der Waals surface area (Å²) in [5, 5.41) is 2.82. The van der Waals surface area contributed by atoms with E-state index in [-0.39, 0.29) is 30.4 Å². The maximum absolute atomic E-state index is 12.4. The summed E-state index contributed by atoms with van der Waals surface area (Å²) < 4.78 is 0. The SMILES string of the molecule is CCCC1NC(=O)CN(C2CCC(C)(C)CC2)C1=O. The number of nitrogens with one attached hydrogen (secondary N) is 1. The fourth-order valence-electron chi connectivity index (χ4n) is 3.22. The summed E-state index contributed by atoms with van der Waals surface area (Å²) in [5.74, 6) is 0.133. The fourth-order valence-corrected chi connectivity index (χ4v) is 3.22. The molecular formula is C15H26N2O2. The van der Waals surface area contributed by atoms with Crippen molar-refractivity contribution in [2.45, 2.75) is 71.4 Å². The molecule has 2 fully saturated rings. The summed E-state index contributed by atoms with van der Waals surface area (Å²) in [5.41, 5.74) is 0.389.